The summed E-state index contributed by atoms with van der Waals surface area (Å²) in [6, 6.07) is 0.933. The van der Waals surface area contributed by atoms with Crippen LogP contribution in [0.5, 0.6) is 0 Å². The fraction of sp³-hybridized carbons (Fsp3) is 0.786. The second kappa shape index (κ2) is 7.07. The van der Waals surface area contributed by atoms with Gasteiger partial charge in [-0.25, -0.2) is 4.98 Å². The zero-order valence-electron chi connectivity index (χ0n) is 12.4. The Morgan fingerprint density at radius 2 is 2.32 bits per heavy atom. The average Bonchev–Trinajstić information content (AvgIpc) is 2.78. The number of rotatable bonds is 5. The van der Waals surface area contributed by atoms with E-state index in [1.54, 1.807) is 0 Å². The molecule has 0 aromatic carbocycles. The number of thiazole rings is 1. The molecule has 1 N–H and O–H groups in total. The van der Waals surface area contributed by atoms with E-state index in [1.165, 1.54) is 40.0 Å². The molecule has 1 aliphatic rings. The zero-order chi connectivity index (χ0) is 13.8. The average molecular weight is 300 g/mol. The van der Waals surface area contributed by atoms with Gasteiger partial charge >= 0.3 is 0 Å². The second-order valence-electron chi connectivity index (χ2n) is 5.25. The van der Waals surface area contributed by atoms with Crippen LogP contribution >= 0.6 is 23.1 Å². The van der Waals surface area contributed by atoms with Crippen molar-refractivity contribution in [1.29, 1.82) is 0 Å². The highest BCUT2D eigenvalue weighted by atomic mass is 32.2. The minimum atomic E-state index is 0.424. The highest BCUT2D eigenvalue weighted by Crippen LogP contribution is 2.34. The van der Waals surface area contributed by atoms with Gasteiger partial charge in [0.15, 0.2) is 0 Å². The third-order valence-corrected chi connectivity index (χ3v) is 6.09. The van der Waals surface area contributed by atoms with Crippen molar-refractivity contribution in [2.75, 3.05) is 31.6 Å². The molecule has 0 bridgehead atoms. The molecule has 1 aromatic rings. The van der Waals surface area contributed by atoms with Crippen LogP contribution in [0.2, 0.25) is 0 Å². The van der Waals surface area contributed by atoms with Gasteiger partial charge in [-0.05, 0) is 33.9 Å². The maximum atomic E-state index is 4.84. The Hall–Kier alpha value is -0.100. The quantitative estimate of drug-likeness (QED) is 0.903. The highest BCUT2D eigenvalue weighted by molar-refractivity contribution is 7.99. The lowest BCUT2D eigenvalue weighted by molar-refractivity contribution is 0.274. The molecule has 108 valence electrons. The van der Waals surface area contributed by atoms with Crippen molar-refractivity contribution >= 4 is 23.1 Å². The summed E-state index contributed by atoms with van der Waals surface area (Å²) in [6.45, 7) is 8.85. The molecule has 1 aromatic heterocycles. The fourth-order valence-electron chi connectivity index (χ4n) is 2.37. The molecule has 2 atom stereocenters. The van der Waals surface area contributed by atoms with E-state index in [9.17, 15) is 0 Å². The summed E-state index contributed by atoms with van der Waals surface area (Å²) >= 11 is 3.95. The van der Waals surface area contributed by atoms with E-state index in [0.717, 1.165) is 6.54 Å². The molecule has 1 aliphatic heterocycles. The van der Waals surface area contributed by atoms with Gasteiger partial charge in [-0.3, -0.25) is 4.90 Å². The van der Waals surface area contributed by atoms with Gasteiger partial charge in [-0.1, -0.05) is 6.92 Å². The monoisotopic (exact) mass is 299 g/mol. The number of thioether (sulfide) groups is 1. The zero-order valence-corrected chi connectivity index (χ0v) is 14.0. The summed E-state index contributed by atoms with van der Waals surface area (Å²) in [7, 11) is 2.22. The van der Waals surface area contributed by atoms with Crippen LogP contribution in [0, 0.1) is 6.92 Å². The molecule has 2 heterocycles. The Morgan fingerprint density at radius 1 is 1.53 bits per heavy atom. The lowest BCUT2D eigenvalue weighted by atomic mass is 10.2. The van der Waals surface area contributed by atoms with E-state index in [-0.39, 0.29) is 0 Å². The Kier molecular flexibility index (Phi) is 5.69. The standard InChI is InChI=1S/C14H25N3S2/c1-5-6-15-10(2)13-11(3)16-14(19-13)12-9-18-8-7-17(12)4/h10,12,15H,5-9H2,1-4H3. The molecule has 0 aliphatic carbocycles. The first-order valence-electron chi connectivity index (χ1n) is 7.12. The van der Waals surface area contributed by atoms with Crippen LogP contribution in [-0.2, 0) is 0 Å². The maximum absolute atomic E-state index is 4.84. The van der Waals surface area contributed by atoms with Gasteiger partial charge < -0.3 is 5.32 Å². The van der Waals surface area contributed by atoms with E-state index >= 15 is 0 Å². The van der Waals surface area contributed by atoms with Gasteiger partial charge in [0.25, 0.3) is 0 Å². The van der Waals surface area contributed by atoms with Gasteiger partial charge in [0, 0.05) is 29.0 Å². The molecule has 0 radical (unpaired) electrons. The van der Waals surface area contributed by atoms with Crippen LogP contribution in [0.1, 0.15) is 47.9 Å². The summed E-state index contributed by atoms with van der Waals surface area (Å²) in [5.41, 5.74) is 1.21. The summed E-state index contributed by atoms with van der Waals surface area (Å²) in [5, 5.41) is 4.87. The minimum Gasteiger partial charge on any atom is -0.309 e. The second-order valence-corrected chi connectivity index (χ2v) is 7.46. The minimum absolute atomic E-state index is 0.424. The van der Waals surface area contributed by atoms with Crippen LogP contribution in [0.4, 0.5) is 0 Å². The molecule has 0 saturated carbocycles. The van der Waals surface area contributed by atoms with Crippen LogP contribution < -0.4 is 5.32 Å². The first-order valence-corrected chi connectivity index (χ1v) is 9.09. The van der Waals surface area contributed by atoms with E-state index in [2.05, 4.69) is 38.0 Å². The largest absolute Gasteiger partial charge is 0.309 e. The van der Waals surface area contributed by atoms with E-state index in [1.807, 2.05) is 23.1 Å². The van der Waals surface area contributed by atoms with Crippen molar-refractivity contribution in [2.45, 2.75) is 39.3 Å². The number of aromatic nitrogens is 1. The van der Waals surface area contributed by atoms with Crippen LogP contribution in [0.15, 0.2) is 0 Å². The lowest BCUT2D eigenvalue weighted by Gasteiger charge is -2.30. The van der Waals surface area contributed by atoms with Crippen molar-refractivity contribution in [3.8, 4) is 0 Å². The molecular weight excluding hydrogens is 274 g/mol. The maximum Gasteiger partial charge on any atom is 0.111 e. The molecule has 1 saturated heterocycles. The number of aryl methyl sites for hydroxylation is 1. The molecule has 2 rings (SSSR count). The normalized spacial score (nSPS) is 22.6. The summed E-state index contributed by atoms with van der Waals surface area (Å²) in [6.07, 6.45) is 1.18. The SMILES string of the molecule is CCCNC(C)c1sc(C2CSCCN2C)nc1C. The Balaban J connectivity index is 2.11. The number of hydrogen-bond donors (Lipinski definition) is 1. The number of nitrogens with zero attached hydrogens (tertiary/aromatic N) is 2. The van der Waals surface area contributed by atoms with Gasteiger partial charge in [-0.15, -0.1) is 11.3 Å². The van der Waals surface area contributed by atoms with Crippen molar-refractivity contribution in [2.24, 2.45) is 0 Å². The molecular formula is C14H25N3S2. The first kappa shape index (κ1) is 15.3. The van der Waals surface area contributed by atoms with E-state index < -0.39 is 0 Å². The van der Waals surface area contributed by atoms with E-state index in [0.29, 0.717) is 12.1 Å². The van der Waals surface area contributed by atoms with Crippen LogP contribution in [0.25, 0.3) is 0 Å². The van der Waals surface area contributed by atoms with Crippen molar-refractivity contribution < 1.29 is 0 Å². The summed E-state index contributed by atoms with van der Waals surface area (Å²) in [4.78, 5) is 8.69. The Labute approximate surface area is 125 Å². The topological polar surface area (TPSA) is 28.2 Å². The van der Waals surface area contributed by atoms with Crippen molar-refractivity contribution in [3.63, 3.8) is 0 Å². The highest BCUT2D eigenvalue weighted by Gasteiger charge is 2.25. The van der Waals surface area contributed by atoms with Gasteiger partial charge in [-0.2, -0.15) is 11.8 Å². The molecule has 5 heteroatoms. The number of nitrogens with one attached hydrogen (secondary N) is 1. The number of hydrogen-bond acceptors (Lipinski definition) is 5. The molecule has 2 unspecified atom stereocenters. The van der Waals surface area contributed by atoms with Gasteiger partial charge in [0.05, 0.1) is 11.7 Å². The van der Waals surface area contributed by atoms with Gasteiger partial charge in [0.2, 0.25) is 0 Å². The Morgan fingerprint density at radius 3 is 3.00 bits per heavy atom. The molecule has 0 spiro atoms. The van der Waals surface area contributed by atoms with Gasteiger partial charge in [0.1, 0.15) is 5.01 Å². The molecule has 3 nitrogen and oxygen atoms in total. The van der Waals surface area contributed by atoms with Crippen molar-refractivity contribution in [3.05, 3.63) is 15.6 Å². The van der Waals surface area contributed by atoms with Crippen molar-refractivity contribution in [1.82, 2.24) is 15.2 Å². The molecule has 1 fully saturated rings. The molecule has 0 amide bonds. The predicted octanol–water partition coefficient (Wildman–Crippen LogP) is 3.23. The molecule has 19 heavy (non-hydrogen) atoms. The summed E-state index contributed by atoms with van der Waals surface area (Å²) in [5.74, 6) is 2.43. The summed E-state index contributed by atoms with van der Waals surface area (Å²) < 4.78 is 0. The lowest BCUT2D eigenvalue weighted by Crippen LogP contribution is -2.32. The predicted molar refractivity (Wildman–Crippen MR) is 86.3 cm³/mol. The fourth-order valence-corrected chi connectivity index (χ4v) is 4.96. The smallest absolute Gasteiger partial charge is 0.111 e. The third kappa shape index (κ3) is 3.72. The van der Waals surface area contributed by atoms with E-state index in [4.69, 9.17) is 4.98 Å². The van der Waals surface area contributed by atoms with Crippen LogP contribution in [-0.4, -0.2) is 41.5 Å². The third-order valence-electron chi connectivity index (χ3n) is 3.62. The van der Waals surface area contributed by atoms with Crippen LogP contribution in [0.3, 0.4) is 0 Å². The Bertz CT molecular complexity index is 405. The first-order chi connectivity index (χ1) is 9.13.